The van der Waals surface area contributed by atoms with Gasteiger partial charge in [-0.1, -0.05) is 103 Å². The Morgan fingerprint density at radius 1 is 0.705 bits per heavy atom. The Balaban J connectivity index is 1.33. The third-order valence-electron chi connectivity index (χ3n) is 6.98. The van der Waals surface area contributed by atoms with Crippen LogP contribution in [-0.2, 0) is 25.3 Å². The highest BCUT2D eigenvalue weighted by atomic mass is 35.5. The molecule has 0 aromatic heterocycles. The van der Waals surface area contributed by atoms with E-state index >= 15 is 0 Å². The number of benzene rings is 5. The minimum Gasteiger partial charge on any atom is -0.457 e. The Bertz CT molecular complexity index is 1670. The summed E-state index contributed by atoms with van der Waals surface area (Å²) >= 11 is 5.94. The summed E-state index contributed by atoms with van der Waals surface area (Å²) in [7, 11) is -3.71. The van der Waals surface area contributed by atoms with Crippen molar-refractivity contribution < 1.29 is 22.8 Å². The molecule has 5 aromatic rings. The third-order valence-corrected chi connectivity index (χ3v) is 8.42. The van der Waals surface area contributed by atoms with Gasteiger partial charge in [0.15, 0.2) is 5.60 Å². The van der Waals surface area contributed by atoms with Crippen LogP contribution in [0.1, 0.15) is 23.1 Å². The number of nitrogens with zero attached hydrogens (tertiary/aromatic N) is 1. The Labute approximate surface area is 262 Å². The lowest BCUT2D eigenvalue weighted by Crippen LogP contribution is -2.41. The number of hydrogen-bond donors (Lipinski definition) is 1. The van der Waals surface area contributed by atoms with Gasteiger partial charge in [-0.15, -0.1) is 0 Å². The van der Waals surface area contributed by atoms with E-state index in [2.05, 4.69) is 5.48 Å². The Hall–Kier alpha value is -4.63. The van der Waals surface area contributed by atoms with Crippen molar-refractivity contribution in [1.82, 2.24) is 5.48 Å². The maximum Gasteiger partial charge on any atom is 0.245 e. The van der Waals surface area contributed by atoms with E-state index in [1.54, 1.807) is 48.5 Å². The highest BCUT2D eigenvalue weighted by molar-refractivity contribution is 7.92. The number of nitrogens with one attached hydrogen (secondary N) is 1. The van der Waals surface area contributed by atoms with Crippen molar-refractivity contribution in [3.8, 4) is 11.5 Å². The highest BCUT2D eigenvalue weighted by Crippen LogP contribution is 2.39. The van der Waals surface area contributed by atoms with Gasteiger partial charge in [-0.25, -0.2) is 13.9 Å². The number of sulfonamides is 1. The number of hydrogen-bond acceptors (Lipinski definition) is 5. The molecule has 0 saturated carbocycles. The second-order valence-electron chi connectivity index (χ2n) is 10.0. The molecule has 0 atom stereocenters. The van der Waals surface area contributed by atoms with Crippen molar-refractivity contribution in [1.29, 1.82) is 0 Å². The van der Waals surface area contributed by atoms with Crippen LogP contribution in [0.2, 0.25) is 5.02 Å². The van der Waals surface area contributed by atoms with E-state index in [1.165, 1.54) is 4.31 Å². The molecule has 0 unspecified atom stereocenters. The fourth-order valence-corrected chi connectivity index (χ4v) is 5.94. The van der Waals surface area contributed by atoms with Crippen molar-refractivity contribution in [2.45, 2.75) is 12.0 Å². The van der Waals surface area contributed by atoms with Crippen LogP contribution in [-0.4, -0.2) is 27.1 Å². The molecular weight excluding hydrogens is 596 g/mol. The number of hydroxylamine groups is 1. The molecule has 0 aliphatic heterocycles. The number of ether oxygens (including phenoxy) is 1. The van der Waals surface area contributed by atoms with Gasteiger partial charge in [0.25, 0.3) is 0 Å². The SMILES string of the molecule is CS(=O)(=O)N(CCC(=O)NOC(c1ccccc1)(c1ccccc1)c1ccccc1)c1ccc(Oc2ccc(Cl)cc2)cc1. The molecule has 44 heavy (non-hydrogen) atoms. The number of anilines is 1. The summed E-state index contributed by atoms with van der Waals surface area (Å²) in [4.78, 5) is 19.6. The molecule has 0 bridgehead atoms. The summed E-state index contributed by atoms with van der Waals surface area (Å²) < 4.78 is 32.5. The smallest absolute Gasteiger partial charge is 0.245 e. The van der Waals surface area contributed by atoms with Crippen LogP contribution in [0.3, 0.4) is 0 Å². The van der Waals surface area contributed by atoms with Gasteiger partial charge in [-0.2, -0.15) is 0 Å². The number of carbonyl (C=O) groups excluding carboxylic acids is 1. The molecule has 0 aliphatic rings. The van der Waals surface area contributed by atoms with E-state index in [-0.39, 0.29) is 13.0 Å². The molecular formula is C35H31ClN2O5S. The lowest BCUT2D eigenvalue weighted by molar-refractivity contribution is -0.143. The first-order valence-corrected chi connectivity index (χ1v) is 16.1. The van der Waals surface area contributed by atoms with Crippen molar-refractivity contribution in [3.05, 3.63) is 161 Å². The highest BCUT2D eigenvalue weighted by Gasteiger charge is 2.39. The predicted molar refractivity (Wildman–Crippen MR) is 173 cm³/mol. The fourth-order valence-electron chi connectivity index (χ4n) is 4.89. The molecule has 224 valence electrons. The van der Waals surface area contributed by atoms with Crippen molar-refractivity contribution in [3.63, 3.8) is 0 Å². The van der Waals surface area contributed by atoms with Crippen LogP contribution in [0.15, 0.2) is 140 Å². The van der Waals surface area contributed by atoms with Crippen LogP contribution < -0.4 is 14.5 Å². The first-order valence-electron chi connectivity index (χ1n) is 13.9. The van der Waals surface area contributed by atoms with E-state index in [9.17, 15) is 13.2 Å². The molecule has 5 rings (SSSR count). The molecule has 0 radical (unpaired) electrons. The second kappa shape index (κ2) is 13.8. The summed E-state index contributed by atoms with van der Waals surface area (Å²) in [5, 5.41) is 0.594. The van der Waals surface area contributed by atoms with Gasteiger partial charge < -0.3 is 4.74 Å². The van der Waals surface area contributed by atoms with Crippen molar-refractivity contribution in [2.24, 2.45) is 0 Å². The molecule has 0 fully saturated rings. The number of amides is 1. The molecule has 1 N–H and O–H groups in total. The van der Waals surface area contributed by atoms with Crippen LogP contribution in [0.4, 0.5) is 5.69 Å². The normalized spacial score (nSPS) is 11.5. The van der Waals surface area contributed by atoms with Gasteiger partial charge in [0.2, 0.25) is 15.9 Å². The van der Waals surface area contributed by atoms with Crippen molar-refractivity contribution >= 4 is 33.2 Å². The molecule has 0 saturated heterocycles. The minimum atomic E-state index is -3.71. The maximum atomic E-state index is 13.2. The maximum absolute atomic E-state index is 13.2. The van der Waals surface area contributed by atoms with Gasteiger partial charge in [0.1, 0.15) is 11.5 Å². The summed E-state index contributed by atoms with van der Waals surface area (Å²) in [6, 6.07) is 42.4. The molecule has 5 aromatic carbocycles. The topological polar surface area (TPSA) is 84.9 Å². The van der Waals surface area contributed by atoms with Gasteiger partial charge >= 0.3 is 0 Å². The first kappa shape index (κ1) is 30.8. The molecule has 0 spiro atoms. The molecule has 0 aliphatic carbocycles. The molecule has 1 amide bonds. The average molecular weight is 627 g/mol. The van der Waals surface area contributed by atoms with E-state index in [0.717, 1.165) is 22.9 Å². The largest absolute Gasteiger partial charge is 0.457 e. The van der Waals surface area contributed by atoms with Gasteiger partial charge in [-0.05, 0) is 65.2 Å². The monoisotopic (exact) mass is 626 g/mol. The zero-order valence-electron chi connectivity index (χ0n) is 24.0. The number of rotatable bonds is 12. The fraction of sp³-hybridized carbons (Fsp3) is 0.114. The first-order chi connectivity index (χ1) is 21.3. The lowest BCUT2D eigenvalue weighted by atomic mass is 9.80. The van der Waals surface area contributed by atoms with Crippen LogP contribution in [0, 0.1) is 0 Å². The Kier molecular flexibility index (Phi) is 9.65. The molecule has 7 nitrogen and oxygen atoms in total. The van der Waals surface area contributed by atoms with Crippen LogP contribution in [0.5, 0.6) is 11.5 Å². The third kappa shape index (κ3) is 7.29. The number of halogens is 1. The Morgan fingerprint density at radius 2 is 1.14 bits per heavy atom. The summed E-state index contributed by atoms with van der Waals surface area (Å²) in [5.41, 5.74) is 4.32. The van der Waals surface area contributed by atoms with Gasteiger partial charge in [0, 0.05) is 18.0 Å². The standard InChI is InChI=1S/C35H31ClN2O5S/c1-44(40,41)38(31-19-23-33(24-20-31)42-32-21-17-30(36)18-22-32)26-25-34(39)37-43-35(27-11-5-2-6-12-27,28-13-7-3-8-14-28)29-15-9-4-10-16-29/h2-24H,25-26H2,1H3,(H,37,39). The Morgan fingerprint density at radius 3 is 1.57 bits per heavy atom. The van der Waals surface area contributed by atoms with E-state index in [0.29, 0.717) is 22.2 Å². The second-order valence-corrected chi connectivity index (χ2v) is 12.4. The lowest BCUT2D eigenvalue weighted by Gasteiger charge is -2.35. The average Bonchev–Trinajstić information content (AvgIpc) is 3.04. The zero-order valence-corrected chi connectivity index (χ0v) is 25.5. The molecule has 0 heterocycles. The molecule has 9 heteroatoms. The summed E-state index contributed by atoms with van der Waals surface area (Å²) in [5.74, 6) is 0.639. The quantitative estimate of drug-likeness (QED) is 0.116. The predicted octanol–water partition coefficient (Wildman–Crippen LogP) is 7.33. The van der Waals surface area contributed by atoms with Crippen molar-refractivity contribution in [2.75, 3.05) is 17.1 Å². The minimum absolute atomic E-state index is 0.0968. The van der Waals surface area contributed by atoms with E-state index in [4.69, 9.17) is 21.2 Å². The van der Waals surface area contributed by atoms with Crippen LogP contribution in [0.25, 0.3) is 0 Å². The number of carbonyl (C=O) groups is 1. The summed E-state index contributed by atoms with van der Waals surface area (Å²) in [6.45, 7) is -0.0968. The summed E-state index contributed by atoms with van der Waals surface area (Å²) in [6.07, 6.45) is 0.954. The van der Waals surface area contributed by atoms with Gasteiger partial charge in [-0.3, -0.25) is 13.9 Å². The van der Waals surface area contributed by atoms with E-state index in [1.807, 2.05) is 91.0 Å². The van der Waals surface area contributed by atoms with E-state index < -0.39 is 21.5 Å². The van der Waals surface area contributed by atoms with Crippen LogP contribution >= 0.6 is 11.6 Å². The zero-order chi connectivity index (χ0) is 31.0. The van der Waals surface area contributed by atoms with Gasteiger partial charge in [0.05, 0.1) is 11.9 Å².